The molecule has 1 aliphatic heterocycles. The van der Waals surface area contributed by atoms with E-state index in [9.17, 15) is 9.50 Å². The standard InChI is InChI=1S/C17H24ClFN2O/c18-15-11-13(19)10-14(17(15)22)16(12-4-2-1-3-5-12)21-8-6-20-7-9-21/h10-12,16,20,22H,1-9H2/t16-/m1/s1. The first-order valence-electron chi connectivity index (χ1n) is 8.29. The van der Waals surface area contributed by atoms with Gasteiger partial charge in [0.2, 0.25) is 0 Å². The zero-order chi connectivity index (χ0) is 15.5. The van der Waals surface area contributed by atoms with E-state index in [4.69, 9.17) is 11.6 Å². The summed E-state index contributed by atoms with van der Waals surface area (Å²) in [6, 6.07) is 2.73. The van der Waals surface area contributed by atoms with Gasteiger partial charge in [-0.15, -0.1) is 0 Å². The molecule has 122 valence electrons. The first-order valence-corrected chi connectivity index (χ1v) is 8.67. The van der Waals surface area contributed by atoms with Gasteiger partial charge in [-0.05, 0) is 30.9 Å². The van der Waals surface area contributed by atoms with Gasteiger partial charge in [-0.2, -0.15) is 0 Å². The number of nitrogens with one attached hydrogen (secondary N) is 1. The maximum Gasteiger partial charge on any atom is 0.139 e. The smallest absolute Gasteiger partial charge is 0.139 e. The van der Waals surface area contributed by atoms with E-state index in [1.54, 1.807) is 0 Å². The summed E-state index contributed by atoms with van der Waals surface area (Å²) < 4.78 is 13.9. The summed E-state index contributed by atoms with van der Waals surface area (Å²) in [5, 5.41) is 13.9. The maximum atomic E-state index is 13.9. The molecular weight excluding hydrogens is 303 g/mol. The summed E-state index contributed by atoms with van der Waals surface area (Å²) in [6.45, 7) is 3.73. The largest absolute Gasteiger partial charge is 0.506 e. The Morgan fingerprint density at radius 3 is 2.55 bits per heavy atom. The van der Waals surface area contributed by atoms with Crippen molar-refractivity contribution in [2.24, 2.45) is 5.92 Å². The number of piperazine rings is 1. The predicted octanol–water partition coefficient (Wildman–Crippen LogP) is 3.71. The first kappa shape index (κ1) is 16.0. The lowest BCUT2D eigenvalue weighted by atomic mass is 9.80. The molecule has 1 aromatic rings. The zero-order valence-corrected chi connectivity index (χ0v) is 13.6. The fourth-order valence-electron chi connectivity index (χ4n) is 3.97. The van der Waals surface area contributed by atoms with E-state index < -0.39 is 0 Å². The highest BCUT2D eigenvalue weighted by Crippen LogP contribution is 2.43. The highest BCUT2D eigenvalue weighted by Gasteiger charge is 2.33. The van der Waals surface area contributed by atoms with Crippen LogP contribution in [-0.2, 0) is 0 Å². The van der Waals surface area contributed by atoms with E-state index >= 15 is 0 Å². The van der Waals surface area contributed by atoms with Crippen LogP contribution in [0.2, 0.25) is 5.02 Å². The molecular formula is C17H24ClFN2O. The first-order chi connectivity index (χ1) is 10.7. The lowest BCUT2D eigenvalue weighted by Gasteiger charge is -2.41. The zero-order valence-electron chi connectivity index (χ0n) is 12.8. The van der Waals surface area contributed by atoms with Crippen LogP contribution in [0, 0.1) is 11.7 Å². The van der Waals surface area contributed by atoms with Crippen LogP contribution in [0.1, 0.15) is 43.7 Å². The quantitative estimate of drug-likeness (QED) is 0.888. The third kappa shape index (κ3) is 3.39. The van der Waals surface area contributed by atoms with Crippen LogP contribution in [0.3, 0.4) is 0 Å². The number of phenols is 1. The maximum absolute atomic E-state index is 13.9. The Morgan fingerprint density at radius 1 is 1.18 bits per heavy atom. The fourth-order valence-corrected chi connectivity index (χ4v) is 4.18. The number of nitrogens with zero attached hydrogens (tertiary/aromatic N) is 1. The Morgan fingerprint density at radius 2 is 1.86 bits per heavy atom. The Labute approximate surface area is 136 Å². The number of hydrogen-bond donors (Lipinski definition) is 2. The van der Waals surface area contributed by atoms with Crippen LogP contribution < -0.4 is 5.32 Å². The van der Waals surface area contributed by atoms with Crippen molar-refractivity contribution >= 4 is 11.6 Å². The Hall–Kier alpha value is -0.840. The predicted molar refractivity (Wildman–Crippen MR) is 86.8 cm³/mol. The number of rotatable bonds is 3. The minimum Gasteiger partial charge on any atom is -0.506 e. The van der Waals surface area contributed by atoms with Gasteiger partial charge in [-0.1, -0.05) is 30.9 Å². The van der Waals surface area contributed by atoms with E-state index in [0.717, 1.165) is 39.0 Å². The SMILES string of the molecule is Oc1c(Cl)cc(F)cc1[C@@H](C1CCCCC1)N1CCNCC1. The van der Waals surface area contributed by atoms with Gasteiger partial charge in [0.05, 0.1) is 5.02 Å². The van der Waals surface area contributed by atoms with Crippen molar-refractivity contribution in [3.8, 4) is 5.75 Å². The summed E-state index contributed by atoms with van der Waals surface area (Å²) >= 11 is 6.02. The molecule has 0 aromatic heterocycles. The van der Waals surface area contributed by atoms with Crippen LogP contribution in [0.5, 0.6) is 5.75 Å². The van der Waals surface area contributed by atoms with Crippen molar-refractivity contribution in [1.82, 2.24) is 10.2 Å². The molecule has 0 spiro atoms. The summed E-state index contributed by atoms with van der Waals surface area (Å²) in [4.78, 5) is 2.39. The van der Waals surface area contributed by atoms with Gasteiger partial charge >= 0.3 is 0 Å². The lowest BCUT2D eigenvalue weighted by molar-refractivity contribution is 0.101. The van der Waals surface area contributed by atoms with Crippen LogP contribution >= 0.6 is 11.6 Å². The molecule has 2 fully saturated rings. The highest BCUT2D eigenvalue weighted by atomic mass is 35.5. The molecule has 1 saturated heterocycles. The topological polar surface area (TPSA) is 35.5 Å². The summed E-state index contributed by atoms with van der Waals surface area (Å²) in [5.41, 5.74) is 0.666. The van der Waals surface area contributed by atoms with E-state index in [0.29, 0.717) is 11.5 Å². The van der Waals surface area contributed by atoms with Gasteiger partial charge in [-0.3, -0.25) is 4.90 Å². The third-order valence-electron chi connectivity index (χ3n) is 5.02. The van der Waals surface area contributed by atoms with Gasteiger partial charge in [0.25, 0.3) is 0 Å². The molecule has 5 heteroatoms. The Bertz CT molecular complexity index is 496. The molecule has 3 rings (SSSR count). The van der Waals surface area contributed by atoms with Crippen molar-refractivity contribution < 1.29 is 9.50 Å². The highest BCUT2D eigenvalue weighted by molar-refractivity contribution is 6.32. The minimum absolute atomic E-state index is 0.0529. The van der Waals surface area contributed by atoms with E-state index in [1.165, 1.54) is 31.4 Å². The molecule has 0 radical (unpaired) electrons. The van der Waals surface area contributed by atoms with Gasteiger partial charge in [0.15, 0.2) is 0 Å². The number of aromatic hydroxyl groups is 1. The second kappa shape index (κ2) is 7.16. The van der Waals surface area contributed by atoms with Gasteiger partial charge in [-0.25, -0.2) is 4.39 Å². The second-order valence-electron chi connectivity index (χ2n) is 6.45. The van der Waals surface area contributed by atoms with Crippen molar-refractivity contribution in [1.29, 1.82) is 0 Å². The van der Waals surface area contributed by atoms with Crippen LogP contribution in [-0.4, -0.2) is 36.2 Å². The monoisotopic (exact) mass is 326 g/mol. The Kier molecular flexibility index (Phi) is 5.21. The average Bonchev–Trinajstić information content (AvgIpc) is 2.54. The second-order valence-corrected chi connectivity index (χ2v) is 6.86. The molecule has 0 bridgehead atoms. The molecule has 0 amide bonds. The molecule has 0 unspecified atom stereocenters. The van der Waals surface area contributed by atoms with E-state index in [-0.39, 0.29) is 22.6 Å². The van der Waals surface area contributed by atoms with E-state index in [1.807, 2.05) is 0 Å². The third-order valence-corrected chi connectivity index (χ3v) is 5.31. The normalized spacial score (nSPS) is 22.6. The molecule has 1 aromatic carbocycles. The number of hydrogen-bond acceptors (Lipinski definition) is 3. The Balaban J connectivity index is 1.96. The molecule has 2 N–H and O–H groups in total. The number of phenolic OH excluding ortho intramolecular Hbond substituents is 1. The minimum atomic E-state index is -0.367. The van der Waals surface area contributed by atoms with E-state index in [2.05, 4.69) is 10.2 Å². The molecule has 1 aliphatic carbocycles. The lowest BCUT2D eigenvalue weighted by Crippen LogP contribution is -2.47. The van der Waals surface area contributed by atoms with Gasteiger partial charge < -0.3 is 10.4 Å². The fraction of sp³-hybridized carbons (Fsp3) is 0.647. The molecule has 1 heterocycles. The average molecular weight is 327 g/mol. The van der Waals surface area contributed by atoms with Crippen molar-refractivity contribution in [2.45, 2.75) is 38.1 Å². The van der Waals surface area contributed by atoms with Crippen LogP contribution in [0.4, 0.5) is 4.39 Å². The van der Waals surface area contributed by atoms with Crippen molar-refractivity contribution in [2.75, 3.05) is 26.2 Å². The van der Waals surface area contributed by atoms with Gasteiger partial charge in [0.1, 0.15) is 11.6 Å². The summed E-state index contributed by atoms with van der Waals surface area (Å²) in [5.74, 6) is 0.154. The molecule has 1 saturated carbocycles. The molecule has 22 heavy (non-hydrogen) atoms. The summed E-state index contributed by atoms with van der Waals surface area (Å²) in [7, 11) is 0. The summed E-state index contributed by atoms with van der Waals surface area (Å²) in [6.07, 6.45) is 6.00. The van der Waals surface area contributed by atoms with Crippen molar-refractivity contribution in [3.63, 3.8) is 0 Å². The molecule has 3 nitrogen and oxygen atoms in total. The van der Waals surface area contributed by atoms with Gasteiger partial charge in [0, 0.05) is 37.8 Å². The van der Waals surface area contributed by atoms with Crippen LogP contribution in [0.15, 0.2) is 12.1 Å². The van der Waals surface area contributed by atoms with Crippen molar-refractivity contribution in [3.05, 3.63) is 28.5 Å². The number of halogens is 2. The molecule has 2 aliphatic rings. The number of benzene rings is 1. The van der Waals surface area contributed by atoms with Crippen LogP contribution in [0.25, 0.3) is 0 Å². The molecule has 1 atom stereocenters.